The van der Waals surface area contributed by atoms with Gasteiger partial charge in [-0.25, -0.2) is 0 Å². The van der Waals surface area contributed by atoms with Crippen LogP contribution < -0.4 is 5.73 Å². The second-order valence-electron chi connectivity index (χ2n) is 3.09. The van der Waals surface area contributed by atoms with E-state index in [2.05, 4.69) is 0 Å². The molecular formula is C11H6F3N3. The topological polar surface area (TPSA) is 73.6 Å². The van der Waals surface area contributed by atoms with Gasteiger partial charge in [0.25, 0.3) is 0 Å². The van der Waals surface area contributed by atoms with Crippen molar-refractivity contribution >= 4 is 5.70 Å². The summed E-state index contributed by atoms with van der Waals surface area (Å²) in [7, 11) is 0. The summed E-state index contributed by atoms with van der Waals surface area (Å²) in [6, 6.07) is 7.19. The molecule has 0 aliphatic heterocycles. The zero-order chi connectivity index (χ0) is 13.1. The summed E-state index contributed by atoms with van der Waals surface area (Å²) in [6.45, 7) is 0. The van der Waals surface area contributed by atoms with Gasteiger partial charge in [-0.05, 0) is 12.1 Å². The van der Waals surface area contributed by atoms with Gasteiger partial charge in [0.1, 0.15) is 12.1 Å². The largest absolute Gasteiger partial charge is 0.416 e. The molecule has 3 nitrogen and oxygen atoms in total. The number of nitrogens with zero attached hydrogens (tertiary/aromatic N) is 2. The molecule has 6 heteroatoms. The Balaban J connectivity index is 3.33. The molecule has 0 aromatic heterocycles. The summed E-state index contributed by atoms with van der Waals surface area (Å²) >= 11 is 0. The number of hydrogen-bond acceptors (Lipinski definition) is 3. The maximum atomic E-state index is 12.4. The number of rotatable bonds is 1. The first-order valence-electron chi connectivity index (χ1n) is 4.37. The maximum Gasteiger partial charge on any atom is 0.416 e. The van der Waals surface area contributed by atoms with Crippen molar-refractivity contribution in [1.29, 1.82) is 10.5 Å². The first-order chi connectivity index (χ1) is 7.90. The summed E-state index contributed by atoms with van der Waals surface area (Å²) in [5.74, 6) is 0. The zero-order valence-corrected chi connectivity index (χ0v) is 8.42. The van der Waals surface area contributed by atoms with Crippen LogP contribution in [0.25, 0.3) is 5.70 Å². The number of benzene rings is 1. The molecule has 0 unspecified atom stereocenters. The van der Waals surface area contributed by atoms with E-state index >= 15 is 0 Å². The molecule has 0 saturated carbocycles. The number of nitriles is 2. The lowest BCUT2D eigenvalue weighted by Crippen LogP contribution is -2.07. The summed E-state index contributed by atoms with van der Waals surface area (Å²) in [6.07, 6.45) is -4.49. The summed E-state index contributed by atoms with van der Waals surface area (Å²) in [5, 5.41) is 17.1. The minimum atomic E-state index is -4.49. The normalized spacial score (nSPS) is 10.2. The average molecular weight is 237 g/mol. The second-order valence-corrected chi connectivity index (χ2v) is 3.09. The van der Waals surface area contributed by atoms with Gasteiger partial charge < -0.3 is 5.73 Å². The van der Waals surface area contributed by atoms with E-state index in [0.29, 0.717) is 0 Å². The van der Waals surface area contributed by atoms with Crippen molar-refractivity contribution in [2.24, 2.45) is 5.73 Å². The van der Waals surface area contributed by atoms with Crippen molar-refractivity contribution in [2.45, 2.75) is 6.18 Å². The molecule has 0 radical (unpaired) electrons. The Bertz CT molecular complexity index is 528. The van der Waals surface area contributed by atoms with E-state index < -0.39 is 17.3 Å². The van der Waals surface area contributed by atoms with E-state index in [9.17, 15) is 13.2 Å². The summed E-state index contributed by atoms with van der Waals surface area (Å²) in [4.78, 5) is 0. The van der Waals surface area contributed by atoms with Gasteiger partial charge in [0.05, 0.1) is 11.3 Å². The first kappa shape index (κ1) is 12.6. The van der Waals surface area contributed by atoms with E-state index in [1.54, 1.807) is 0 Å². The average Bonchev–Trinajstić information content (AvgIpc) is 2.29. The number of alkyl halides is 3. The number of halogens is 3. The molecular weight excluding hydrogens is 231 g/mol. The van der Waals surface area contributed by atoms with E-state index in [1.807, 2.05) is 0 Å². The monoisotopic (exact) mass is 237 g/mol. The molecule has 0 saturated heterocycles. The SMILES string of the molecule is N#CC(C#N)=C(N)c1cccc(C(F)(F)F)c1. The van der Waals surface area contributed by atoms with Crippen LogP contribution in [0.1, 0.15) is 11.1 Å². The highest BCUT2D eigenvalue weighted by Gasteiger charge is 2.30. The Morgan fingerprint density at radius 2 is 1.76 bits per heavy atom. The van der Waals surface area contributed by atoms with Gasteiger partial charge >= 0.3 is 6.18 Å². The molecule has 0 aliphatic carbocycles. The summed E-state index contributed by atoms with van der Waals surface area (Å²) < 4.78 is 37.2. The molecule has 17 heavy (non-hydrogen) atoms. The Hall–Kier alpha value is -2.47. The molecule has 86 valence electrons. The molecule has 0 fully saturated rings. The van der Waals surface area contributed by atoms with Gasteiger partial charge in [0, 0.05) is 5.56 Å². The van der Waals surface area contributed by atoms with Crippen molar-refractivity contribution in [3.05, 3.63) is 41.0 Å². The molecule has 0 atom stereocenters. The van der Waals surface area contributed by atoms with Gasteiger partial charge in [-0.15, -0.1) is 0 Å². The van der Waals surface area contributed by atoms with Gasteiger partial charge in [0.15, 0.2) is 5.57 Å². The van der Waals surface area contributed by atoms with Crippen LogP contribution in [0.15, 0.2) is 29.8 Å². The molecule has 0 heterocycles. The highest BCUT2D eigenvalue weighted by atomic mass is 19.4. The van der Waals surface area contributed by atoms with E-state index in [1.165, 1.54) is 18.2 Å². The quantitative estimate of drug-likeness (QED) is 0.762. The lowest BCUT2D eigenvalue weighted by atomic mass is 10.1. The zero-order valence-electron chi connectivity index (χ0n) is 8.42. The van der Waals surface area contributed by atoms with Gasteiger partial charge in [-0.3, -0.25) is 0 Å². The fourth-order valence-electron chi connectivity index (χ4n) is 1.15. The third kappa shape index (κ3) is 2.76. The molecule has 1 rings (SSSR count). The van der Waals surface area contributed by atoms with Crippen LogP contribution in [0.2, 0.25) is 0 Å². The minimum Gasteiger partial charge on any atom is -0.397 e. The van der Waals surface area contributed by atoms with Crippen LogP contribution in [0.5, 0.6) is 0 Å². The number of nitrogens with two attached hydrogens (primary N) is 1. The van der Waals surface area contributed by atoms with Gasteiger partial charge in [0.2, 0.25) is 0 Å². The molecule has 0 amide bonds. The summed E-state index contributed by atoms with van der Waals surface area (Å²) in [5.41, 5.74) is 3.88. The smallest absolute Gasteiger partial charge is 0.397 e. The fraction of sp³-hybridized carbons (Fsp3) is 0.0909. The Morgan fingerprint density at radius 3 is 2.24 bits per heavy atom. The molecule has 1 aromatic rings. The number of allylic oxidation sites excluding steroid dienone is 1. The van der Waals surface area contributed by atoms with Crippen LogP contribution in [0, 0.1) is 22.7 Å². The Kier molecular flexibility index (Phi) is 3.40. The lowest BCUT2D eigenvalue weighted by Gasteiger charge is -2.08. The Labute approximate surface area is 95.2 Å². The van der Waals surface area contributed by atoms with Crippen LogP contribution in [-0.4, -0.2) is 0 Å². The number of hydrogen-bond donors (Lipinski definition) is 1. The predicted octanol–water partition coefficient (Wildman–Crippen LogP) is 2.42. The highest BCUT2D eigenvalue weighted by Crippen LogP contribution is 2.30. The predicted molar refractivity (Wildman–Crippen MR) is 53.8 cm³/mol. The van der Waals surface area contributed by atoms with E-state index in [0.717, 1.165) is 18.2 Å². The third-order valence-corrected chi connectivity index (χ3v) is 1.99. The molecule has 0 spiro atoms. The third-order valence-electron chi connectivity index (χ3n) is 1.99. The minimum absolute atomic E-state index is 0.00192. The maximum absolute atomic E-state index is 12.4. The van der Waals surface area contributed by atoms with Crippen LogP contribution in [0.4, 0.5) is 13.2 Å². The van der Waals surface area contributed by atoms with Gasteiger partial charge in [-0.2, -0.15) is 23.7 Å². The van der Waals surface area contributed by atoms with Crippen molar-refractivity contribution < 1.29 is 13.2 Å². The molecule has 0 bridgehead atoms. The van der Waals surface area contributed by atoms with Gasteiger partial charge in [-0.1, -0.05) is 12.1 Å². The molecule has 1 aromatic carbocycles. The molecule has 2 N–H and O–H groups in total. The standard InChI is InChI=1S/C11H6F3N3/c12-11(13,14)9-3-1-2-7(4-9)10(17)8(5-15)6-16/h1-4H,17H2. The van der Waals surface area contributed by atoms with E-state index in [-0.39, 0.29) is 11.3 Å². The lowest BCUT2D eigenvalue weighted by molar-refractivity contribution is -0.137. The van der Waals surface area contributed by atoms with Crippen LogP contribution in [0.3, 0.4) is 0 Å². The molecule has 0 aliphatic rings. The highest BCUT2D eigenvalue weighted by molar-refractivity contribution is 5.73. The van der Waals surface area contributed by atoms with Crippen molar-refractivity contribution in [3.8, 4) is 12.1 Å². The second kappa shape index (κ2) is 4.58. The van der Waals surface area contributed by atoms with E-state index in [4.69, 9.17) is 16.3 Å². The van der Waals surface area contributed by atoms with Crippen molar-refractivity contribution in [3.63, 3.8) is 0 Å². The van der Waals surface area contributed by atoms with Crippen molar-refractivity contribution in [1.82, 2.24) is 0 Å². The Morgan fingerprint density at radius 1 is 1.18 bits per heavy atom. The first-order valence-corrected chi connectivity index (χ1v) is 4.37. The fourth-order valence-corrected chi connectivity index (χ4v) is 1.15. The van der Waals surface area contributed by atoms with Crippen LogP contribution >= 0.6 is 0 Å². The van der Waals surface area contributed by atoms with Crippen LogP contribution in [-0.2, 0) is 6.18 Å². The van der Waals surface area contributed by atoms with Crippen molar-refractivity contribution in [2.75, 3.05) is 0 Å².